The molecule has 1 nitrogen and oxygen atoms in total. The summed E-state index contributed by atoms with van der Waals surface area (Å²) in [5.74, 6) is -1.69. The van der Waals surface area contributed by atoms with Crippen molar-refractivity contribution in [2.75, 3.05) is 5.32 Å². The Labute approximate surface area is 111 Å². The first-order chi connectivity index (χ1) is 8.58. The van der Waals surface area contributed by atoms with Gasteiger partial charge in [-0.3, -0.25) is 0 Å². The van der Waals surface area contributed by atoms with Crippen LogP contribution in [0.3, 0.4) is 0 Å². The van der Waals surface area contributed by atoms with Gasteiger partial charge >= 0.3 is 0 Å². The summed E-state index contributed by atoms with van der Waals surface area (Å²) in [4.78, 5) is 0. The number of benzene rings is 2. The minimum absolute atomic E-state index is 0.182. The van der Waals surface area contributed by atoms with Crippen molar-refractivity contribution >= 4 is 21.6 Å². The molecule has 2 aromatic rings. The second kappa shape index (κ2) is 5.44. The minimum atomic E-state index is -0.656. The van der Waals surface area contributed by atoms with E-state index in [0.29, 0.717) is 10.0 Å². The van der Waals surface area contributed by atoms with E-state index in [-0.39, 0.29) is 18.0 Å². The highest BCUT2D eigenvalue weighted by atomic mass is 79.9. The van der Waals surface area contributed by atoms with E-state index in [1.54, 1.807) is 12.1 Å². The van der Waals surface area contributed by atoms with Crippen LogP contribution in [0.2, 0.25) is 0 Å². The lowest BCUT2D eigenvalue weighted by molar-refractivity contribution is 0.588. The van der Waals surface area contributed by atoms with Crippen molar-refractivity contribution in [2.45, 2.75) is 6.54 Å². The molecule has 0 aliphatic rings. The largest absolute Gasteiger partial charge is 0.376 e. The van der Waals surface area contributed by atoms with Crippen LogP contribution in [0.15, 0.2) is 40.9 Å². The van der Waals surface area contributed by atoms with Crippen LogP contribution in [0.1, 0.15) is 5.56 Å². The molecule has 0 amide bonds. The molecule has 0 saturated carbocycles. The Morgan fingerprint density at radius 3 is 2.22 bits per heavy atom. The molecule has 0 radical (unpaired) electrons. The number of rotatable bonds is 3. The molecule has 5 heteroatoms. The average molecular weight is 316 g/mol. The standard InChI is InChI=1S/C13H9BrF3N/c14-9-6-8(4-5-10(9)15)7-18-13-11(16)2-1-3-12(13)17/h1-6,18H,7H2. The highest BCUT2D eigenvalue weighted by Crippen LogP contribution is 2.21. The van der Waals surface area contributed by atoms with Crippen LogP contribution in [0.4, 0.5) is 18.9 Å². The average Bonchev–Trinajstić information content (AvgIpc) is 2.33. The van der Waals surface area contributed by atoms with Gasteiger partial charge in [0, 0.05) is 6.54 Å². The molecule has 0 aliphatic heterocycles. The van der Waals surface area contributed by atoms with Crippen LogP contribution in [-0.4, -0.2) is 0 Å². The fourth-order valence-electron chi connectivity index (χ4n) is 1.51. The minimum Gasteiger partial charge on any atom is -0.376 e. The number of hydrogen-bond donors (Lipinski definition) is 1. The van der Waals surface area contributed by atoms with Gasteiger partial charge in [0.05, 0.1) is 4.47 Å². The van der Waals surface area contributed by atoms with Crippen molar-refractivity contribution in [3.05, 3.63) is 63.9 Å². The Balaban J connectivity index is 2.14. The molecule has 0 aromatic heterocycles. The summed E-state index contributed by atoms with van der Waals surface area (Å²) in [5, 5.41) is 2.65. The summed E-state index contributed by atoms with van der Waals surface area (Å²) in [6.45, 7) is 0.205. The molecular weight excluding hydrogens is 307 g/mol. The quantitative estimate of drug-likeness (QED) is 0.880. The molecule has 0 aliphatic carbocycles. The van der Waals surface area contributed by atoms with Crippen molar-refractivity contribution in [2.24, 2.45) is 0 Å². The van der Waals surface area contributed by atoms with E-state index in [9.17, 15) is 13.2 Å². The van der Waals surface area contributed by atoms with Crippen molar-refractivity contribution in [1.29, 1.82) is 0 Å². The van der Waals surface area contributed by atoms with Crippen LogP contribution in [0.25, 0.3) is 0 Å². The molecule has 2 aromatic carbocycles. The predicted octanol–water partition coefficient (Wildman–Crippen LogP) is 4.48. The van der Waals surface area contributed by atoms with E-state index in [2.05, 4.69) is 21.2 Å². The first kappa shape index (κ1) is 13.0. The molecule has 1 N–H and O–H groups in total. The van der Waals surface area contributed by atoms with Crippen LogP contribution in [-0.2, 0) is 6.54 Å². The summed E-state index contributed by atoms with van der Waals surface area (Å²) in [7, 11) is 0. The summed E-state index contributed by atoms with van der Waals surface area (Å²) < 4.78 is 40.0. The van der Waals surface area contributed by atoms with E-state index in [0.717, 1.165) is 0 Å². The molecule has 0 atom stereocenters. The third-order valence-electron chi connectivity index (χ3n) is 2.42. The molecule has 2 rings (SSSR count). The highest BCUT2D eigenvalue weighted by molar-refractivity contribution is 9.10. The molecule has 0 saturated heterocycles. The second-order valence-corrected chi connectivity index (χ2v) is 4.55. The molecule has 0 bridgehead atoms. The zero-order chi connectivity index (χ0) is 13.1. The molecule has 0 spiro atoms. The van der Waals surface area contributed by atoms with Crippen LogP contribution < -0.4 is 5.32 Å². The Hall–Kier alpha value is -1.49. The lowest BCUT2D eigenvalue weighted by Crippen LogP contribution is -2.03. The monoisotopic (exact) mass is 315 g/mol. The van der Waals surface area contributed by atoms with Gasteiger partial charge in [-0.05, 0) is 45.8 Å². The van der Waals surface area contributed by atoms with E-state index in [4.69, 9.17) is 0 Å². The summed E-state index contributed by atoms with van der Waals surface area (Å²) in [5.41, 5.74) is 0.531. The van der Waals surface area contributed by atoms with Gasteiger partial charge in [-0.2, -0.15) is 0 Å². The molecule has 94 valence electrons. The maximum absolute atomic E-state index is 13.3. The van der Waals surface area contributed by atoms with Crippen molar-refractivity contribution in [1.82, 2.24) is 0 Å². The number of para-hydroxylation sites is 1. The number of hydrogen-bond acceptors (Lipinski definition) is 1. The Kier molecular flexibility index (Phi) is 3.91. The summed E-state index contributed by atoms with van der Waals surface area (Å²) in [6, 6.07) is 8.04. The van der Waals surface area contributed by atoms with Gasteiger partial charge in [0.15, 0.2) is 0 Å². The van der Waals surface area contributed by atoms with E-state index in [1.165, 1.54) is 24.3 Å². The van der Waals surface area contributed by atoms with E-state index >= 15 is 0 Å². The smallest absolute Gasteiger partial charge is 0.149 e. The molecule has 0 unspecified atom stereocenters. The van der Waals surface area contributed by atoms with Gasteiger partial charge in [-0.15, -0.1) is 0 Å². The third-order valence-corrected chi connectivity index (χ3v) is 3.02. The number of nitrogens with one attached hydrogen (secondary N) is 1. The first-order valence-corrected chi connectivity index (χ1v) is 5.99. The van der Waals surface area contributed by atoms with Gasteiger partial charge in [-0.1, -0.05) is 12.1 Å². The van der Waals surface area contributed by atoms with Gasteiger partial charge in [0.2, 0.25) is 0 Å². The van der Waals surface area contributed by atoms with Crippen molar-refractivity contribution in [3.8, 4) is 0 Å². The number of anilines is 1. The van der Waals surface area contributed by atoms with Crippen LogP contribution in [0, 0.1) is 17.5 Å². The highest BCUT2D eigenvalue weighted by Gasteiger charge is 2.08. The van der Waals surface area contributed by atoms with E-state index < -0.39 is 11.6 Å². The normalized spacial score (nSPS) is 10.4. The van der Waals surface area contributed by atoms with E-state index in [1.807, 2.05) is 0 Å². The maximum Gasteiger partial charge on any atom is 0.149 e. The summed E-state index contributed by atoms with van der Waals surface area (Å²) in [6.07, 6.45) is 0. The maximum atomic E-state index is 13.3. The Morgan fingerprint density at radius 2 is 1.61 bits per heavy atom. The molecule has 0 heterocycles. The fraction of sp³-hybridized carbons (Fsp3) is 0.0769. The molecular formula is C13H9BrF3N. The first-order valence-electron chi connectivity index (χ1n) is 5.20. The van der Waals surface area contributed by atoms with Crippen molar-refractivity contribution < 1.29 is 13.2 Å². The Morgan fingerprint density at radius 1 is 0.944 bits per heavy atom. The van der Waals surface area contributed by atoms with Crippen LogP contribution >= 0.6 is 15.9 Å². The predicted molar refractivity (Wildman–Crippen MR) is 67.8 cm³/mol. The molecule has 0 fully saturated rings. The Bertz CT molecular complexity index is 552. The van der Waals surface area contributed by atoms with Crippen molar-refractivity contribution in [3.63, 3.8) is 0 Å². The lowest BCUT2D eigenvalue weighted by Gasteiger charge is -2.09. The van der Waals surface area contributed by atoms with Gasteiger partial charge in [0.25, 0.3) is 0 Å². The zero-order valence-electron chi connectivity index (χ0n) is 9.18. The molecule has 18 heavy (non-hydrogen) atoms. The lowest BCUT2D eigenvalue weighted by atomic mass is 10.2. The summed E-state index contributed by atoms with van der Waals surface area (Å²) >= 11 is 3.05. The van der Waals surface area contributed by atoms with Gasteiger partial charge in [0.1, 0.15) is 23.1 Å². The van der Waals surface area contributed by atoms with Gasteiger partial charge < -0.3 is 5.32 Å². The van der Waals surface area contributed by atoms with Gasteiger partial charge in [-0.25, -0.2) is 13.2 Å². The topological polar surface area (TPSA) is 12.0 Å². The van der Waals surface area contributed by atoms with Crippen LogP contribution in [0.5, 0.6) is 0 Å². The zero-order valence-corrected chi connectivity index (χ0v) is 10.8. The second-order valence-electron chi connectivity index (χ2n) is 3.70. The fourth-order valence-corrected chi connectivity index (χ4v) is 1.93. The SMILES string of the molecule is Fc1ccc(CNc2c(F)cccc2F)cc1Br. The third kappa shape index (κ3) is 2.85. The number of halogens is 4.